The number of carboxylic acids is 1. The van der Waals surface area contributed by atoms with Crippen LogP contribution in [0.4, 0.5) is 0 Å². The van der Waals surface area contributed by atoms with Crippen LogP contribution in [0.3, 0.4) is 0 Å². The van der Waals surface area contributed by atoms with Gasteiger partial charge in [-0.2, -0.15) is 0 Å². The van der Waals surface area contributed by atoms with Crippen molar-refractivity contribution < 1.29 is 9.90 Å². The molecule has 116 valence electrons. The molecular formula is C18H27NO2. The fourth-order valence-electron chi connectivity index (χ4n) is 3.91. The van der Waals surface area contributed by atoms with Gasteiger partial charge in [-0.3, -0.25) is 9.69 Å². The number of aryl methyl sites for hydroxylation is 2. The molecule has 2 unspecified atom stereocenters. The van der Waals surface area contributed by atoms with Crippen LogP contribution >= 0.6 is 0 Å². The first kappa shape index (κ1) is 16.0. The van der Waals surface area contributed by atoms with Crippen molar-refractivity contribution >= 4 is 5.97 Å². The molecule has 0 aromatic heterocycles. The summed E-state index contributed by atoms with van der Waals surface area (Å²) in [5.41, 5.74) is 3.04. The smallest absolute Gasteiger partial charge is 0.324 e. The zero-order valence-electron chi connectivity index (χ0n) is 13.6. The van der Waals surface area contributed by atoms with Crippen LogP contribution in [0.15, 0.2) is 18.2 Å². The van der Waals surface area contributed by atoms with Gasteiger partial charge >= 0.3 is 5.97 Å². The number of aliphatic carboxylic acids is 1. The van der Waals surface area contributed by atoms with Crippen LogP contribution in [0.2, 0.25) is 0 Å². The van der Waals surface area contributed by atoms with Gasteiger partial charge in [0.1, 0.15) is 5.54 Å². The van der Waals surface area contributed by atoms with Crippen molar-refractivity contribution in [3.63, 3.8) is 0 Å². The number of rotatable bonds is 5. The number of carbonyl (C=O) groups is 1. The van der Waals surface area contributed by atoms with Crippen molar-refractivity contribution in [3.8, 4) is 0 Å². The molecule has 1 N–H and O–H groups in total. The van der Waals surface area contributed by atoms with Gasteiger partial charge in [0.05, 0.1) is 0 Å². The number of benzene rings is 1. The molecule has 1 fully saturated rings. The molecule has 3 heteroatoms. The molecule has 1 aromatic rings. The fourth-order valence-corrected chi connectivity index (χ4v) is 3.91. The topological polar surface area (TPSA) is 40.5 Å². The summed E-state index contributed by atoms with van der Waals surface area (Å²) in [6.07, 6.45) is 3.38. The lowest BCUT2D eigenvalue weighted by molar-refractivity contribution is -0.151. The van der Waals surface area contributed by atoms with Crippen LogP contribution in [0, 0.1) is 13.8 Å². The van der Waals surface area contributed by atoms with Gasteiger partial charge in [-0.1, -0.05) is 42.7 Å². The van der Waals surface area contributed by atoms with E-state index in [1.165, 1.54) is 16.7 Å². The minimum Gasteiger partial charge on any atom is -0.480 e. The van der Waals surface area contributed by atoms with E-state index >= 15 is 0 Å². The van der Waals surface area contributed by atoms with E-state index in [2.05, 4.69) is 50.8 Å². The van der Waals surface area contributed by atoms with E-state index in [-0.39, 0.29) is 6.04 Å². The maximum absolute atomic E-state index is 12.0. The van der Waals surface area contributed by atoms with Crippen molar-refractivity contribution in [1.29, 1.82) is 0 Å². The average molecular weight is 289 g/mol. The molecule has 2 rings (SSSR count). The van der Waals surface area contributed by atoms with Crippen molar-refractivity contribution in [1.82, 2.24) is 4.90 Å². The van der Waals surface area contributed by atoms with Gasteiger partial charge in [0.25, 0.3) is 0 Å². The molecule has 0 aliphatic carbocycles. The maximum Gasteiger partial charge on any atom is 0.324 e. The highest BCUT2D eigenvalue weighted by molar-refractivity contribution is 5.79. The average Bonchev–Trinajstić information content (AvgIpc) is 2.82. The number of hydrogen-bond donors (Lipinski definition) is 1. The zero-order valence-corrected chi connectivity index (χ0v) is 13.6. The summed E-state index contributed by atoms with van der Waals surface area (Å²) in [6.45, 7) is 9.30. The fraction of sp³-hybridized carbons (Fsp3) is 0.611. The summed E-state index contributed by atoms with van der Waals surface area (Å²) >= 11 is 0. The minimum absolute atomic E-state index is 0.147. The Balaban J connectivity index is 2.36. The lowest BCUT2D eigenvalue weighted by Crippen LogP contribution is -2.51. The third-order valence-corrected chi connectivity index (χ3v) is 4.79. The number of likely N-dealkylation sites (tertiary alicyclic amines) is 1. The maximum atomic E-state index is 12.0. The Labute approximate surface area is 128 Å². The van der Waals surface area contributed by atoms with E-state index in [9.17, 15) is 9.90 Å². The molecule has 1 aromatic carbocycles. The predicted octanol–water partition coefficient (Wildman–Crippen LogP) is 4.08. The molecule has 1 aliphatic heterocycles. The molecule has 2 atom stereocenters. The second-order valence-electron chi connectivity index (χ2n) is 6.48. The highest BCUT2D eigenvalue weighted by Gasteiger charge is 2.48. The van der Waals surface area contributed by atoms with Crippen molar-refractivity contribution in [3.05, 3.63) is 34.9 Å². The predicted molar refractivity (Wildman–Crippen MR) is 85.5 cm³/mol. The SMILES string of the molecule is CCCC1(C(=O)O)CCCN1C(C)c1cc(C)cc(C)c1. The molecule has 3 nitrogen and oxygen atoms in total. The summed E-state index contributed by atoms with van der Waals surface area (Å²) in [6, 6.07) is 6.69. The molecule has 1 heterocycles. The molecule has 0 saturated carbocycles. The molecule has 0 radical (unpaired) electrons. The summed E-state index contributed by atoms with van der Waals surface area (Å²) < 4.78 is 0. The van der Waals surface area contributed by atoms with Gasteiger partial charge in [-0.15, -0.1) is 0 Å². The molecule has 1 aliphatic rings. The van der Waals surface area contributed by atoms with Crippen LogP contribution in [0.5, 0.6) is 0 Å². The van der Waals surface area contributed by atoms with Crippen LogP contribution < -0.4 is 0 Å². The minimum atomic E-state index is -0.675. The summed E-state index contributed by atoms with van der Waals surface area (Å²) in [4.78, 5) is 14.2. The van der Waals surface area contributed by atoms with Crippen molar-refractivity contribution in [2.75, 3.05) is 6.54 Å². The molecule has 21 heavy (non-hydrogen) atoms. The van der Waals surface area contributed by atoms with Crippen LogP contribution in [-0.2, 0) is 4.79 Å². The first-order chi connectivity index (χ1) is 9.90. The Morgan fingerprint density at radius 3 is 2.48 bits per heavy atom. The third kappa shape index (κ3) is 2.98. The molecular weight excluding hydrogens is 262 g/mol. The first-order valence-electron chi connectivity index (χ1n) is 7.99. The summed E-state index contributed by atoms with van der Waals surface area (Å²) in [5.74, 6) is -0.655. The third-order valence-electron chi connectivity index (χ3n) is 4.79. The zero-order chi connectivity index (χ0) is 15.6. The largest absolute Gasteiger partial charge is 0.480 e. The van der Waals surface area contributed by atoms with Gasteiger partial charge in [0.2, 0.25) is 0 Å². The van der Waals surface area contributed by atoms with Gasteiger partial charge < -0.3 is 5.11 Å². The quantitative estimate of drug-likeness (QED) is 0.887. The Morgan fingerprint density at radius 1 is 1.33 bits per heavy atom. The van der Waals surface area contributed by atoms with Crippen LogP contribution in [0.25, 0.3) is 0 Å². The van der Waals surface area contributed by atoms with E-state index in [1.807, 2.05) is 0 Å². The Bertz CT molecular complexity index is 506. The van der Waals surface area contributed by atoms with Crippen molar-refractivity contribution in [2.24, 2.45) is 0 Å². The summed E-state index contributed by atoms with van der Waals surface area (Å²) in [7, 11) is 0. The summed E-state index contributed by atoms with van der Waals surface area (Å²) in [5, 5.41) is 9.83. The van der Waals surface area contributed by atoms with E-state index in [0.29, 0.717) is 0 Å². The standard InChI is InChI=1S/C18H27NO2/c1-5-7-18(17(20)21)8-6-9-19(18)15(4)16-11-13(2)10-14(3)12-16/h10-12,15H,5-9H2,1-4H3,(H,20,21). The molecule has 1 saturated heterocycles. The van der Waals surface area contributed by atoms with E-state index in [0.717, 1.165) is 32.2 Å². The lowest BCUT2D eigenvalue weighted by atomic mass is 9.88. The second kappa shape index (κ2) is 6.18. The lowest BCUT2D eigenvalue weighted by Gasteiger charge is -2.39. The number of hydrogen-bond acceptors (Lipinski definition) is 2. The van der Waals surface area contributed by atoms with Gasteiger partial charge in [0, 0.05) is 6.04 Å². The Hall–Kier alpha value is -1.35. The highest BCUT2D eigenvalue weighted by Crippen LogP contribution is 2.40. The van der Waals surface area contributed by atoms with E-state index in [4.69, 9.17) is 0 Å². The van der Waals surface area contributed by atoms with E-state index in [1.54, 1.807) is 0 Å². The number of carboxylic acid groups (broad SMARTS) is 1. The van der Waals surface area contributed by atoms with Crippen LogP contribution in [-0.4, -0.2) is 28.1 Å². The normalized spacial score (nSPS) is 24.2. The molecule has 0 bridgehead atoms. The van der Waals surface area contributed by atoms with Gasteiger partial charge in [-0.25, -0.2) is 0 Å². The van der Waals surface area contributed by atoms with Crippen LogP contribution in [0.1, 0.15) is 62.3 Å². The highest BCUT2D eigenvalue weighted by atomic mass is 16.4. The van der Waals surface area contributed by atoms with Gasteiger partial charge in [0.15, 0.2) is 0 Å². The first-order valence-corrected chi connectivity index (χ1v) is 7.99. The number of nitrogens with zero attached hydrogens (tertiary/aromatic N) is 1. The molecule has 0 amide bonds. The van der Waals surface area contributed by atoms with E-state index < -0.39 is 11.5 Å². The second-order valence-corrected chi connectivity index (χ2v) is 6.48. The monoisotopic (exact) mass is 289 g/mol. The van der Waals surface area contributed by atoms with Gasteiger partial charge in [-0.05, 0) is 52.1 Å². The molecule has 0 spiro atoms. The Morgan fingerprint density at radius 2 is 1.95 bits per heavy atom. The Kier molecular flexibility index (Phi) is 4.72. The van der Waals surface area contributed by atoms with Crippen molar-refractivity contribution in [2.45, 2.75) is 65.0 Å².